The first kappa shape index (κ1) is 21.1. The highest BCUT2D eigenvalue weighted by Crippen LogP contribution is 2.38. The third-order valence-corrected chi connectivity index (χ3v) is 7.38. The highest BCUT2D eigenvalue weighted by atomic mass is 32.2. The van der Waals surface area contributed by atoms with Gasteiger partial charge in [-0.3, -0.25) is 4.84 Å². The van der Waals surface area contributed by atoms with Gasteiger partial charge in [0.05, 0.1) is 19.8 Å². The van der Waals surface area contributed by atoms with E-state index >= 15 is 0 Å². The zero-order valence-electron chi connectivity index (χ0n) is 17.3. The zero-order chi connectivity index (χ0) is 21.1. The number of hydrogen-bond acceptors (Lipinski definition) is 6. The van der Waals surface area contributed by atoms with E-state index in [1.165, 1.54) is 0 Å². The van der Waals surface area contributed by atoms with Crippen LogP contribution in [0.3, 0.4) is 0 Å². The predicted molar refractivity (Wildman–Crippen MR) is 114 cm³/mol. The van der Waals surface area contributed by atoms with Crippen LogP contribution < -0.4 is 14.2 Å². The van der Waals surface area contributed by atoms with Gasteiger partial charge >= 0.3 is 0 Å². The highest BCUT2D eigenvalue weighted by Gasteiger charge is 2.43. The summed E-state index contributed by atoms with van der Waals surface area (Å²) in [4.78, 5) is 5.61. The third kappa shape index (κ3) is 4.78. The minimum absolute atomic E-state index is 0.118. The molecular weight excluding hydrogens is 404 g/mol. The van der Waals surface area contributed by atoms with E-state index in [1.807, 2.05) is 48.5 Å². The van der Waals surface area contributed by atoms with Gasteiger partial charge in [0.1, 0.15) is 11.9 Å². The number of sulfonamides is 1. The van der Waals surface area contributed by atoms with E-state index in [1.54, 1.807) is 19.2 Å². The van der Waals surface area contributed by atoms with Crippen molar-refractivity contribution in [2.75, 3.05) is 27.3 Å². The quantitative estimate of drug-likeness (QED) is 0.657. The zero-order valence-corrected chi connectivity index (χ0v) is 18.1. The van der Waals surface area contributed by atoms with Gasteiger partial charge in [0.15, 0.2) is 11.5 Å². The van der Waals surface area contributed by atoms with E-state index in [0.29, 0.717) is 30.6 Å². The molecule has 1 saturated heterocycles. The maximum atomic E-state index is 12.9. The average Bonchev–Trinajstić information content (AvgIpc) is 3.51. The molecule has 2 aliphatic rings. The van der Waals surface area contributed by atoms with Crippen LogP contribution in [0.15, 0.2) is 48.5 Å². The largest absolute Gasteiger partial charge is 0.493 e. The fraction of sp³-hybridized carbons (Fsp3) is 0.455. The SMILES string of the molecule is COc1ccc([C@H]2[C@H](S(=O)(=O)NCC3CC3)CON2C)cc1OCc1ccccc1. The molecule has 1 aliphatic carbocycles. The van der Waals surface area contributed by atoms with Gasteiger partial charge in [-0.1, -0.05) is 36.4 Å². The van der Waals surface area contributed by atoms with Crippen molar-refractivity contribution in [3.63, 3.8) is 0 Å². The Kier molecular flexibility index (Phi) is 6.29. The summed E-state index contributed by atoms with van der Waals surface area (Å²) in [7, 11) is -0.171. The first-order valence-corrected chi connectivity index (χ1v) is 11.7. The monoisotopic (exact) mass is 432 g/mol. The normalized spacial score (nSPS) is 22.2. The molecule has 2 aromatic rings. The van der Waals surface area contributed by atoms with Crippen molar-refractivity contribution in [2.24, 2.45) is 5.92 Å². The molecule has 0 radical (unpaired) electrons. The molecule has 1 aliphatic heterocycles. The number of rotatable bonds is 9. The Morgan fingerprint density at radius 3 is 2.60 bits per heavy atom. The van der Waals surface area contributed by atoms with Gasteiger partial charge in [-0.25, -0.2) is 13.1 Å². The summed E-state index contributed by atoms with van der Waals surface area (Å²) in [6.45, 7) is 1.01. The van der Waals surface area contributed by atoms with Crippen molar-refractivity contribution in [1.82, 2.24) is 9.79 Å². The molecule has 0 aromatic heterocycles. The van der Waals surface area contributed by atoms with Crippen molar-refractivity contribution in [2.45, 2.75) is 30.7 Å². The van der Waals surface area contributed by atoms with E-state index in [0.717, 1.165) is 24.0 Å². The molecular formula is C22H28N2O5S. The number of hydroxylamine groups is 2. The number of benzene rings is 2. The second kappa shape index (κ2) is 8.93. The second-order valence-corrected chi connectivity index (χ2v) is 9.83. The molecule has 2 fully saturated rings. The number of ether oxygens (including phenoxy) is 2. The molecule has 0 spiro atoms. The molecule has 0 amide bonds. The Balaban J connectivity index is 1.56. The summed E-state index contributed by atoms with van der Waals surface area (Å²) >= 11 is 0. The van der Waals surface area contributed by atoms with Crippen molar-refractivity contribution >= 4 is 10.0 Å². The van der Waals surface area contributed by atoms with Crippen molar-refractivity contribution in [1.29, 1.82) is 0 Å². The lowest BCUT2D eigenvalue weighted by molar-refractivity contribution is -0.110. The summed E-state index contributed by atoms with van der Waals surface area (Å²) < 4.78 is 40.1. The summed E-state index contributed by atoms with van der Waals surface area (Å²) in [6, 6.07) is 14.9. The van der Waals surface area contributed by atoms with Crippen LogP contribution in [0.1, 0.15) is 30.0 Å². The van der Waals surface area contributed by atoms with E-state index in [-0.39, 0.29) is 6.61 Å². The fourth-order valence-corrected chi connectivity index (χ4v) is 5.26. The van der Waals surface area contributed by atoms with Crippen molar-refractivity contribution in [3.05, 3.63) is 59.7 Å². The van der Waals surface area contributed by atoms with E-state index in [4.69, 9.17) is 14.3 Å². The van der Waals surface area contributed by atoms with Crippen LogP contribution in [0.5, 0.6) is 11.5 Å². The van der Waals surface area contributed by atoms with Crippen LogP contribution in [0.4, 0.5) is 0 Å². The lowest BCUT2D eigenvalue weighted by Crippen LogP contribution is -2.40. The molecule has 0 bridgehead atoms. The minimum atomic E-state index is -3.52. The summed E-state index contributed by atoms with van der Waals surface area (Å²) in [5.74, 6) is 1.64. The van der Waals surface area contributed by atoms with Gasteiger partial charge in [0.25, 0.3) is 0 Å². The number of methoxy groups -OCH3 is 1. The molecule has 0 unspecified atom stereocenters. The Morgan fingerprint density at radius 1 is 1.13 bits per heavy atom. The third-order valence-electron chi connectivity index (χ3n) is 5.62. The summed E-state index contributed by atoms with van der Waals surface area (Å²) in [6.07, 6.45) is 2.18. The number of nitrogens with zero attached hydrogens (tertiary/aromatic N) is 1. The standard InChI is InChI=1S/C22H28N2O5S/c1-24-22(21(15-29-24)30(25,26)23-13-16-8-9-16)18-10-11-19(27-2)20(12-18)28-14-17-6-4-3-5-7-17/h3-7,10-12,16,21-23H,8-9,13-15H2,1-2H3/t21-,22+/m1/s1. The molecule has 4 rings (SSSR count). The topological polar surface area (TPSA) is 77.1 Å². The Morgan fingerprint density at radius 2 is 1.90 bits per heavy atom. The van der Waals surface area contributed by atoms with Crippen molar-refractivity contribution in [3.8, 4) is 11.5 Å². The van der Waals surface area contributed by atoms with Gasteiger partial charge < -0.3 is 9.47 Å². The molecule has 1 heterocycles. The Hall–Kier alpha value is -2.13. The first-order valence-electron chi connectivity index (χ1n) is 10.2. The van der Waals surface area contributed by atoms with Crippen LogP contribution in [0.2, 0.25) is 0 Å². The summed E-state index contributed by atoms with van der Waals surface area (Å²) in [5, 5.41) is 0.917. The lowest BCUT2D eigenvalue weighted by Gasteiger charge is -2.24. The van der Waals surface area contributed by atoms with Crippen molar-refractivity contribution < 1.29 is 22.7 Å². The second-order valence-electron chi connectivity index (χ2n) is 7.85. The van der Waals surface area contributed by atoms with Crippen LogP contribution >= 0.6 is 0 Å². The molecule has 1 saturated carbocycles. The predicted octanol–water partition coefficient (Wildman–Crippen LogP) is 2.89. The lowest BCUT2D eigenvalue weighted by atomic mass is 10.0. The van der Waals surface area contributed by atoms with Gasteiger partial charge in [0, 0.05) is 13.6 Å². The van der Waals surface area contributed by atoms with Gasteiger partial charge in [-0.2, -0.15) is 5.06 Å². The van der Waals surface area contributed by atoms with E-state index in [9.17, 15) is 8.42 Å². The van der Waals surface area contributed by atoms with Gasteiger partial charge in [0.2, 0.25) is 10.0 Å². The minimum Gasteiger partial charge on any atom is -0.493 e. The maximum Gasteiger partial charge on any atom is 0.218 e. The van der Waals surface area contributed by atoms with Crippen LogP contribution in [-0.2, 0) is 21.5 Å². The average molecular weight is 433 g/mol. The van der Waals surface area contributed by atoms with Crippen LogP contribution in [0, 0.1) is 5.92 Å². The van der Waals surface area contributed by atoms with Crippen LogP contribution in [0.25, 0.3) is 0 Å². The molecule has 30 heavy (non-hydrogen) atoms. The number of hydrogen-bond donors (Lipinski definition) is 1. The highest BCUT2D eigenvalue weighted by molar-refractivity contribution is 7.90. The Labute approximate surface area is 177 Å². The molecule has 162 valence electrons. The van der Waals surface area contributed by atoms with Gasteiger partial charge in [-0.15, -0.1) is 0 Å². The van der Waals surface area contributed by atoms with Gasteiger partial charge in [-0.05, 0) is 42.0 Å². The smallest absolute Gasteiger partial charge is 0.218 e. The Bertz CT molecular complexity index is 963. The molecule has 2 aromatic carbocycles. The fourth-order valence-electron chi connectivity index (χ4n) is 3.67. The van der Waals surface area contributed by atoms with Crippen LogP contribution in [-0.4, -0.2) is 46.0 Å². The number of nitrogens with one attached hydrogen (secondary N) is 1. The molecule has 1 N–H and O–H groups in total. The molecule has 8 heteroatoms. The van der Waals surface area contributed by atoms with E-state index < -0.39 is 21.3 Å². The first-order chi connectivity index (χ1) is 14.5. The molecule has 7 nitrogen and oxygen atoms in total. The van der Waals surface area contributed by atoms with E-state index in [2.05, 4.69) is 4.72 Å². The molecule has 2 atom stereocenters. The summed E-state index contributed by atoms with van der Waals surface area (Å²) in [5.41, 5.74) is 1.84. The maximum absolute atomic E-state index is 12.9.